The summed E-state index contributed by atoms with van der Waals surface area (Å²) in [5.74, 6) is 0.303. The molecular formula is C21H25ClN2O3. The van der Waals surface area contributed by atoms with Crippen LogP contribution in [0.5, 0.6) is 5.75 Å². The van der Waals surface area contributed by atoms with Crippen molar-refractivity contribution in [3.8, 4) is 5.75 Å². The lowest BCUT2D eigenvalue weighted by atomic mass is 10.2. The average molecular weight is 389 g/mol. The predicted molar refractivity (Wildman–Crippen MR) is 110 cm³/mol. The van der Waals surface area contributed by atoms with E-state index in [0.29, 0.717) is 35.0 Å². The largest absolute Gasteiger partial charge is 0.480 e. The van der Waals surface area contributed by atoms with E-state index in [9.17, 15) is 9.59 Å². The standard InChI is InChI=1S/C21H25ClN2O3/c1-4-8-20(25)23-15-11-12-16(22)17(13-15)24-21(26)18(5-2)27-19-10-7-6-9-14(19)3/h6-7,9-13,18H,4-5,8H2,1-3H3,(H,23,25)(H,24,26). The lowest BCUT2D eigenvalue weighted by molar-refractivity contribution is -0.122. The van der Waals surface area contributed by atoms with Crippen molar-refractivity contribution >= 4 is 34.8 Å². The molecule has 0 saturated carbocycles. The van der Waals surface area contributed by atoms with Crippen LogP contribution in [0.4, 0.5) is 11.4 Å². The lowest BCUT2D eigenvalue weighted by Gasteiger charge is -2.19. The van der Waals surface area contributed by atoms with Crippen LogP contribution < -0.4 is 15.4 Å². The molecule has 2 aromatic rings. The average Bonchev–Trinajstić information content (AvgIpc) is 2.64. The van der Waals surface area contributed by atoms with Crippen molar-refractivity contribution in [2.45, 2.75) is 46.1 Å². The molecule has 0 aliphatic carbocycles. The van der Waals surface area contributed by atoms with Crippen LogP contribution in [-0.4, -0.2) is 17.9 Å². The Morgan fingerprint density at radius 3 is 2.52 bits per heavy atom. The fourth-order valence-electron chi connectivity index (χ4n) is 2.53. The summed E-state index contributed by atoms with van der Waals surface area (Å²) in [5.41, 5.74) is 1.98. The molecule has 0 aromatic heterocycles. The minimum Gasteiger partial charge on any atom is -0.480 e. The number of carbonyl (C=O) groups is 2. The zero-order valence-electron chi connectivity index (χ0n) is 15.8. The fraction of sp³-hybridized carbons (Fsp3) is 0.333. The highest BCUT2D eigenvalue weighted by molar-refractivity contribution is 6.34. The number of hydrogen-bond acceptors (Lipinski definition) is 3. The van der Waals surface area contributed by atoms with E-state index in [0.717, 1.165) is 12.0 Å². The summed E-state index contributed by atoms with van der Waals surface area (Å²) in [6.07, 6.45) is 1.05. The van der Waals surface area contributed by atoms with Gasteiger partial charge in [0.2, 0.25) is 5.91 Å². The van der Waals surface area contributed by atoms with Crippen molar-refractivity contribution in [3.05, 3.63) is 53.1 Å². The van der Waals surface area contributed by atoms with Gasteiger partial charge in [-0.05, 0) is 49.6 Å². The number of anilines is 2. The van der Waals surface area contributed by atoms with Crippen molar-refractivity contribution in [1.29, 1.82) is 0 Å². The molecule has 0 fully saturated rings. The van der Waals surface area contributed by atoms with E-state index in [4.69, 9.17) is 16.3 Å². The number of nitrogens with one attached hydrogen (secondary N) is 2. The van der Waals surface area contributed by atoms with Gasteiger partial charge in [0.1, 0.15) is 5.75 Å². The number of aryl methyl sites for hydroxylation is 1. The third-order valence-electron chi connectivity index (χ3n) is 4.01. The van der Waals surface area contributed by atoms with Gasteiger partial charge in [0.25, 0.3) is 5.91 Å². The molecule has 2 amide bonds. The topological polar surface area (TPSA) is 67.4 Å². The van der Waals surface area contributed by atoms with Crippen LogP contribution in [0.25, 0.3) is 0 Å². The van der Waals surface area contributed by atoms with Gasteiger partial charge >= 0.3 is 0 Å². The summed E-state index contributed by atoms with van der Waals surface area (Å²) >= 11 is 6.20. The first-order chi connectivity index (χ1) is 12.9. The highest BCUT2D eigenvalue weighted by Gasteiger charge is 2.20. The SMILES string of the molecule is CCCC(=O)Nc1ccc(Cl)c(NC(=O)C(CC)Oc2ccccc2C)c1. The van der Waals surface area contributed by atoms with Crippen LogP contribution in [-0.2, 0) is 9.59 Å². The van der Waals surface area contributed by atoms with Crippen LogP contribution in [0.3, 0.4) is 0 Å². The van der Waals surface area contributed by atoms with Crippen LogP contribution in [0.1, 0.15) is 38.7 Å². The first-order valence-electron chi connectivity index (χ1n) is 9.07. The Morgan fingerprint density at radius 1 is 1.11 bits per heavy atom. The number of amides is 2. The second kappa shape index (κ2) is 9.97. The minimum atomic E-state index is -0.652. The van der Waals surface area contributed by atoms with E-state index in [2.05, 4.69) is 10.6 Å². The molecule has 1 unspecified atom stereocenters. The van der Waals surface area contributed by atoms with Crippen molar-refractivity contribution in [3.63, 3.8) is 0 Å². The molecule has 5 nitrogen and oxygen atoms in total. The highest BCUT2D eigenvalue weighted by Crippen LogP contribution is 2.27. The second-order valence-corrected chi connectivity index (χ2v) is 6.67. The smallest absolute Gasteiger partial charge is 0.265 e. The highest BCUT2D eigenvalue weighted by atomic mass is 35.5. The van der Waals surface area contributed by atoms with Crippen LogP contribution in [0.15, 0.2) is 42.5 Å². The number of para-hydroxylation sites is 1. The number of hydrogen-bond donors (Lipinski definition) is 2. The van der Waals surface area contributed by atoms with Crippen LogP contribution >= 0.6 is 11.6 Å². The van der Waals surface area contributed by atoms with E-state index >= 15 is 0 Å². The summed E-state index contributed by atoms with van der Waals surface area (Å²) < 4.78 is 5.87. The maximum Gasteiger partial charge on any atom is 0.265 e. The predicted octanol–water partition coefficient (Wildman–Crippen LogP) is 5.18. The number of rotatable bonds is 8. The molecule has 0 heterocycles. The van der Waals surface area contributed by atoms with Gasteiger partial charge in [-0.1, -0.05) is 43.6 Å². The first-order valence-corrected chi connectivity index (χ1v) is 9.45. The van der Waals surface area contributed by atoms with Crippen LogP contribution in [0.2, 0.25) is 5.02 Å². The Labute approximate surface area is 165 Å². The first kappa shape index (κ1) is 20.8. The maximum absolute atomic E-state index is 12.7. The molecular weight excluding hydrogens is 364 g/mol. The molecule has 1 atom stereocenters. The minimum absolute atomic E-state index is 0.0774. The molecule has 2 rings (SSSR count). The summed E-state index contributed by atoms with van der Waals surface area (Å²) in [6, 6.07) is 12.5. The Bertz CT molecular complexity index is 808. The van der Waals surface area contributed by atoms with E-state index in [1.165, 1.54) is 0 Å². The monoisotopic (exact) mass is 388 g/mol. The summed E-state index contributed by atoms with van der Waals surface area (Å²) in [7, 11) is 0. The summed E-state index contributed by atoms with van der Waals surface area (Å²) in [4.78, 5) is 24.4. The molecule has 144 valence electrons. The van der Waals surface area contributed by atoms with Gasteiger partial charge in [0.15, 0.2) is 6.10 Å². The van der Waals surface area contributed by atoms with Crippen LogP contribution in [0, 0.1) is 6.92 Å². The van der Waals surface area contributed by atoms with Gasteiger partial charge in [0.05, 0.1) is 10.7 Å². The van der Waals surface area contributed by atoms with Crippen molar-refractivity contribution in [2.75, 3.05) is 10.6 Å². The molecule has 0 bridgehead atoms. The van der Waals surface area contributed by atoms with Gasteiger partial charge in [-0.2, -0.15) is 0 Å². The van der Waals surface area contributed by atoms with E-state index in [1.807, 2.05) is 45.0 Å². The van der Waals surface area contributed by atoms with Gasteiger partial charge < -0.3 is 15.4 Å². The summed E-state index contributed by atoms with van der Waals surface area (Å²) in [6.45, 7) is 5.75. The lowest BCUT2D eigenvalue weighted by Crippen LogP contribution is -2.32. The van der Waals surface area contributed by atoms with E-state index in [-0.39, 0.29) is 11.8 Å². The Hall–Kier alpha value is -2.53. The molecule has 27 heavy (non-hydrogen) atoms. The van der Waals surface area contributed by atoms with Crippen molar-refractivity contribution in [2.24, 2.45) is 0 Å². The Morgan fingerprint density at radius 2 is 1.85 bits per heavy atom. The third kappa shape index (κ3) is 6.00. The van der Waals surface area contributed by atoms with E-state index < -0.39 is 6.10 Å². The molecule has 0 aliphatic heterocycles. The van der Waals surface area contributed by atoms with E-state index in [1.54, 1.807) is 18.2 Å². The Kier molecular flexibility index (Phi) is 7.67. The normalized spacial score (nSPS) is 11.6. The molecule has 2 aromatic carbocycles. The second-order valence-electron chi connectivity index (χ2n) is 6.26. The number of benzene rings is 2. The van der Waals surface area contributed by atoms with Crippen molar-refractivity contribution in [1.82, 2.24) is 0 Å². The van der Waals surface area contributed by atoms with Gasteiger partial charge in [-0.15, -0.1) is 0 Å². The van der Waals surface area contributed by atoms with Gasteiger partial charge in [-0.3, -0.25) is 9.59 Å². The number of ether oxygens (including phenoxy) is 1. The third-order valence-corrected chi connectivity index (χ3v) is 4.34. The van der Waals surface area contributed by atoms with Gasteiger partial charge in [0, 0.05) is 12.1 Å². The number of carbonyl (C=O) groups excluding carboxylic acids is 2. The fourth-order valence-corrected chi connectivity index (χ4v) is 2.69. The molecule has 2 N–H and O–H groups in total. The molecule has 0 radical (unpaired) electrons. The molecule has 0 saturated heterocycles. The zero-order chi connectivity index (χ0) is 19.8. The molecule has 6 heteroatoms. The molecule has 0 aliphatic rings. The number of halogens is 1. The van der Waals surface area contributed by atoms with Crippen molar-refractivity contribution < 1.29 is 14.3 Å². The zero-order valence-corrected chi connectivity index (χ0v) is 16.6. The summed E-state index contributed by atoms with van der Waals surface area (Å²) in [5, 5.41) is 5.98. The van der Waals surface area contributed by atoms with Gasteiger partial charge in [-0.25, -0.2) is 0 Å². The Balaban J connectivity index is 2.10. The molecule has 0 spiro atoms. The maximum atomic E-state index is 12.7. The quantitative estimate of drug-likeness (QED) is 0.654.